The largest absolute Gasteiger partial charge is 0.341 e. The summed E-state index contributed by atoms with van der Waals surface area (Å²) in [5.74, 6) is 1.13. The summed E-state index contributed by atoms with van der Waals surface area (Å²) < 4.78 is 0. The highest BCUT2D eigenvalue weighted by Crippen LogP contribution is 2.48. The highest BCUT2D eigenvalue weighted by atomic mass is 16.2. The van der Waals surface area contributed by atoms with Crippen molar-refractivity contribution in [3.63, 3.8) is 0 Å². The van der Waals surface area contributed by atoms with E-state index >= 15 is 0 Å². The molecule has 3 atom stereocenters. The Morgan fingerprint density at radius 1 is 1.42 bits per heavy atom. The van der Waals surface area contributed by atoms with Crippen LogP contribution in [0.15, 0.2) is 0 Å². The van der Waals surface area contributed by atoms with Crippen LogP contribution in [0.5, 0.6) is 0 Å². The number of nitrogens with one attached hydrogen (secondary N) is 2. The highest BCUT2D eigenvalue weighted by molar-refractivity contribution is 5.78. The fourth-order valence-electron chi connectivity index (χ4n) is 4.42. The van der Waals surface area contributed by atoms with Crippen LogP contribution in [0.3, 0.4) is 0 Å². The second kappa shape index (κ2) is 5.06. The SMILES string of the molecule is CC1(C)C2NCCCC2C1NCCN1CCCC1=O. The minimum Gasteiger partial charge on any atom is -0.341 e. The fourth-order valence-corrected chi connectivity index (χ4v) is 4.42. The molecular weight excluding hydrogens is 238 g/mol. The molecule has 4 heteroatoms. The Labute approximate surface area is 116 Å². The first kappa shape index (κ1) is 13.4. The molecule has 1 amide bonds. The van der Waals surface area contributed by atoms with Gasteiger partial charge < -0.3 is 15.5 Å². The van der Waals surface area contributed by atoms with Gasteiger partial charge in [0.15, 0.2) is 0 Å². The number of carbonyl (C=O) groups excluding carboxylic acids is 1. The lowest BCUT2D eigenvalue weighted by Gasteiger charge is -2.61. The van der Waals surface area contributed by atoms with E-state index in [9.17, 15) is 4.79 Å². The van der Waals surface area contributed by atoms with Crippen LogP contribution in [0.2, 0.25) is 0 Å². The number of carbonyl (C=O) groups is 1. The van der Waals surface area contributed by atoms with Crippen molar-refractivity contribution in [1.29, 1.82) is 0 Å². The molecule has 2 saturated heterocycles. The molecule has 2 aliphatic heterocycles. The first-order valence-electron chi connectivity index (χ1n) is 7.85. The number of likely N-dealkylation sites (tertiary alicyclic amines) is 1. The van der Waals surface area contributed by atoms with Crippen LogP contribution in [-0.2, 0) is 4.79 Å². The first-order valence-corrected chi connectivity index (χ1v) is 7.85. The minimum atomic E-state index is 0.340. The van der Waals surface area contributed by atoms with Crippen molar-refractivity contribution in [3.8, 4) is 0 Å². The first-order chi connectivity index (χ1) is 9.10. The summed E-state index contributed by atoms with van der Waals surface area (Å²) in [5.41, 5.74) is 0.347. The van der Waals surface area contributed by atoms with Crippen molar-refractivity contribution in [2.24, 2.45) is 11.3 Å². The number of fused-ring (bicyclic) bond motifs is 1. The Kier molecular flexibility index (Phi) is 3.56. The minimum absolute atomic E-state index is 0.340. The summed E-state index contributed by atoms with van der Waals surface area (Å²) in [4.78, 5) is 13.6. The Morgan fingerprint density at radius 3 is 3.00 bits per heavy atom. The maximum Gasteiger partial charge on any atom is 0.222 e. The fraction of sp³-hybridized carbons (Fsp3) is 0.933. The van der Waals surface area contributed by atoms with Gasteiger partial charge in [-0.3, -0.25) is 4.79 Å². The maximum atomic E-state index is 11.6. The number of piperidine rings is 1. The van der Waals surface area contributed by atoms with E-state index in [-0.39, 0.29) is 0 Å². The van der Waals surface area contributed by atoms with Crippen molar-refractivity contribution in [1.82, 2.24) is 15.5 Å². The van der Waals surface area contributed by atoms with Gasteiger partial charge in [0.1, 0.15) is 0 Å². The van der Waals surface area contributed by atoms with E-state index in [0.29, 0.717) is 23.4 Å². The average molecular weight is 265 g/mol. The summed E-state index contributed by atoms with van der Waals surface area (Å²) in [5, 5.41) is 7.39. The molecule has 0 bridgehead atoms. The molecule has 2 N–H and O–H groups in total. The van der Waals surface area contributed by atoms with E-state index in [2.05, 4.69) is 24.5 Å². The third-order valence-electron chi connectivity index (χ3n) is 5.46. The zero-order valence-electron chi connectivity index (χ0n) is 12.2. The average Bonchev–Trinajstić information content (AvgIpc) is 2.80. The lowest BCUT2D eigenvalue weighted by Crippen LogP contribution is -2.73. The van der Waals surface area contributed by atoms with Gasteiger partial charge in [0, 0.05) is 38.1 Å². The lowest BCUT2D eigenvalue weighted by atomic mass is 9.53. The van der Waals surface area contributed by atoms with E-state index in [1.807, 2.05) is 4.90 Å². The Morgan fingerprint density at radius 2 is 2.26 bits per heavy atom. The molecular formula is C15H27N3O. The van der Waals surface area contributed by atoms with Gasteiger partial charge in [0.2, 0.25) is 5.91 Å². The van der Waals surface area contributed by atoms with Crippen LogP contribution < -0.4 is 10.6 Å². The lowest BCUT2D eigenvalue weighted by molar-refractivity contribution is -0.127. The van der Waals surface area contributed by atoms with E-state index in [0.717, 1.165) is 38.4 Å². The molecule has 3 fully saturated rings. The molecule has 0 aromatic heterocycles. The molecule has 108 valence electrons. The number of hydrogen-bond donors (Lipinski definition) is 2. The standard InChI is InChI=1S/C15H27N3O/c1-15(2)13-11(5-3-7-16-13)14(15)17-8-10-18-9-4-6-12(18)19/h11,13-14,16-17H,3-10H2,1-2H3. The Bertz CT molecular complexity index is 355. The van der Waals surface area contributed by atoms with Gasteiger partial charge in [-0.15, -0.1) is 0 Å². The van der Waals surface area contributed by atoms with Crippen molar-refractivity contribution in [2.45, 2.75) is 51.6 Å². The molecule has 2 heterocycles. The predicted molar refractivity (Wildman–Crippen MR) is 75.9 cm³/mol. The zero-order chi connectivity index (χ0) is 13.5. The monoisotopic (exact) mass is 265 g/mol. The van der Waals surface area contributed by atoms with Crippen LogP contribution in [0.4, 0.5) is 0 Å². The van der Waals surface area contributed by atoms with Crippen LogP contribution in [-0.4, -0.2) is 49.1 Å². The number of rotatable bonds is 4. The van der Waals surface area contributed by atoms with Gasteiger partial charge in [-0.05, 0) is 37.1 Å². The molecule has 0 aromatic carbocycles. The molecule has 4 nitrogen and oxygen atoms in total. The quantitative estimate of drug-likeness (QED) is 0.796. The zero-order valence-corrected chi connectivity index (χ0v) is 12.2. The summed E-state index contributed by atoms with van der Waals surface area (Å²) in [6, 6.07) is 1.30. The van der Waals surface area contributed by atoms with Crippen molar-refractivity contribution < 1.29 is 4.79 Å². The topological polar surface area (TPSA) is 44.4 Å². The van der Waals surface area contributed by atoms with Crippen LogP contribution in [0.25, 0.3) is 0 Å². The normalized spacial score (nSPS) is 37.1. The van der Waals surface area contributed by atoms with Crippen LogP contribution in [0, 0.1) is 11.3 Å². The smallest absolute Gasteiger partial charge is 0.222 e. The van der Waals surface area contributed by atoms with Crippen LogP contribution in [0.1, 0.15) is 39.5 Å². The Hall–Kier alpha value is -0.610. The molecule has 3 rings (SSSR count). The summed E-state index contributed by atoms with van der Waals surface area (Å²) in [7, 11) is 0. The van der Waals surface area contributed by atoms with Gasteiger partial charge in [-0.25, -0.2) is 0 Å². The molecule has 19 heavy (non-hydrogen) atoms. The summed E-state index contributed by atoms with van der Waals surface area (Å²) in [6.45, 7) is 8.71. The third-order valence-corrected chi connectivity index (χ3v) is 5.46. The van der Waals surface area contributed by atoms with Crippen LogP contribution >= 0.6 is 0 Å². The van der Waals surface area contributed by atoms with E-state index in [4.69, 9.17) is 0 Å². The van der Waals surface area contributed by atoms with E-state index < -0.39 is 0 Å². The second-order valence-electron chi connectivity index (χ2n) is 6.98. The van der Waals surface area contributed by atoms with Gasteiger partial charge in [0.05, 0.1) is 0 Å². The van der Waals surface area contributed by atoms with Crippen molar-refractivity contribution in [2.75, 3.05) is 26.2 Å². The van der Waals surface area contributed by atoms with E-state index in [1.165, 1.54) is 19.4 Å². The predicted octanol–water partition coefficient (Wildman–Crippen LogP) is 0.975. The second-order valence-corrected chi connectivity index (χ2v) is 6.98. The molecule has 1 aliphatic carbocycles. The number of hydrogen-bond acceptors (Lipinski definition) is 3. The van der Waals surface area contributed by atoms with Gasteiger partial charge in [0.25, 0.3) is 0 Å². The van der Waals surface area contributed by atoms with Gasteiger partial charge in [-0.1, -0.05) is 13.8 Å². The highest BCUT2D eigenvalue weighted by Gasteiger charge is 2.56. The number of amides is 1. The number of nitrogens with zero attached hydrogens (tertiary/aromatic N) is 1. The molecule has 0 radical (unpaired) electrons. The molecule has 0 aromatic rings. The van der Waals surface area contributed by atoms with Gasteiger partial charge >= 0.3 is 0 Å². The Balaban J connectivity index is 1.48. The summed E-state index contributed by atoms with van der Waals surface area (Å²) >= 11 is 0. The molecule has 3 unspecified atom stereocenters. The van der Waals surface area contributed by atoms with Crippen molar-refractivity contribution in [3.05, 3.63) is 0 Å². The molecule has 3 aliphatic rings. The molecule has 0 spiro atoms. The van der Waals surface area contributed by atoms with Gasteiger partial charge in [-0.2, -0.15) is 0 Å². The van der Waals surface area contributed by atoms with E-state index in [1.54, 1.807) is 0 Å². The third kappa shape index (κ3) is 2.29. The molecule has 1 saturated carbocycles. The summed E-state index contributed by atoms with van der Waals surface area (Å²) in [6.07, 6.45) is 4.45. The maximum absolute atomic E-state index is 11.6. The van der Waals surface area contributed by atoms with Crippen molar-refractivity contribution >= 4 is 5.91 Å².